The van der Waals surface area contributed by atoms with Gasteiger partial charge in [-0.25, -0.2) is 4.79 Å². The highest BCUT2D eigenvalue weighted by Gasteiger charge is 2.20. The summed E-state index contributed by atoms with van der Waals surface area (Å²) >= 11 is 0. The molecule has 0 bridgehead atoms. The molecule has 1 fully saturated rings. The van der Waals surface area contributed by atoms with Gasteiger partial charge in [0.2, 0.25) is 0 Å². The second-order valence-corrected chi connectivity index (χ2v) is 9.68. The van der Waals surface area contributed by atoms with Crippen molar-refractivity contribution in [1.29, 1.82) is 0 Å². The van der Waals surface area contributed by atoms with Crippen molar-refractivity contribution in [3.05, 3.63) is 59.7 Å². The van der Waals surface area contributed by atoms with Gasteiger partial charge in [0.1, 0.15) is 11.5 Å². The zero-order chi connectivity index (χ0) is 23.3. The number of carbonyl (C=O) groups excluding carboxylic acids is 1. The molecule has 1 aliphatic rings. The van der Waals surface area contributed by atoms with Crippen LogP contribution >= 0.6 is 0 Å². The number of rotatable bonds is 13. The van der Waals surface area contributed by atoms with Crippen LogP contribution in [0.15, 0.2) is 48.5 Å². The zero-order valence-corrected chi connectivity index (χ0v) is 20.7. The Morgan fingerprint density at radius 2 is 1.36 bits per heavy atom. The Morgan fingerprint density at radius 3 is 1.97 bits per heavy atom. The average Bonchev–Trinajstić information content (AvgIpc) is 2.85. The highest BCUT2D eigenvalue weighted by molar-refractivity contribution is 5.91. The molecule has 0 unspecified atom stereocenters. The van der Waals surface area contributed by atoms with Gasteiger partial charge in [-0.3, -0.25) is 0 Å². The summed E-state index contributed by atoms with van der Waals surface area (Å²) in [4.78, 5) is 12.4. The van der Waals surface area contributed by atoms with E-state index in [9.17, 15) is 4.79 Å². The molecule has 0 aromatic heterocycles. The molecule has 0 atom stereocenters. The van der Waals surface area contributed by atoms with Gasteiger partial charge in [0.15, 0.2) is 0 Å². The van der Waals surface area contributed by atoms with Crippen LogP contribution in [0.4, 0.5) is 0 Å². The summed E-state index contributed by atoms with van der Waals surface area (Å²) in [5.74, 6) is 2.92. The van der Waals surface area contributed by atoms with Crippen LogP contribution in [0.1, 0.15) is 100 Å². The third kappa shape index (κ3) is 8.87. The van der Waals surface area contributed by atoms with Gasteiger partial charge in [-0.1, -0.05) is 83.8 Å². The van der Waals surface area contributed by atoms with Gasteiger partial charge in [-0.05, 0) is 73.1 Å². The zero-order valence-electron chi connectivity index (χ0n) is 20.7. The first-order chi connectivity index (χ1) is 16.2. The van der Waals surface area contributed by atoms with Gasteiger partial charge in [0, 0.05) is 0 Å². The lowest BCUT2D eigenvalue weighted by molar-refractivity contribution is 0.0734. The first-order valence-electron chi connectivity index (χ1n) is 13.2. The van der Waals surface area contributed by atoms with Gasteiger partial charge in [0.05, 0.1) is 12.2 Å². The maximum absolute atomic E-state index is 12.4. The summed E-state index contributed by atoms with van der Waals surface area (Å²) in [6.45, 7) is 5.18. The summed E-state index contributed by atoms with van der Waals surface area (Å²) in [6, 6.07) is 15.0. The van der Waals surface area contributed by atoms with E-state index in [2.05, 4.69) is 13.8 Å². The van der Waals surface area contributed by atoms with Crippen LogP contribution in [0.25, 0.3) is 0 Å². The molecule has 2 aromatic carbocycles. The molecule has 3 heteroatoms. The number of benzene rings is 2. The lowest BCUT2D eigenvalue weighted by Crippen LogP contribution is -2.15. The number of hydrogen-bond acceptors (Lipinski definition) is 3. The third-order valence-corrected chi connectivity index (χ3v) is 6.97. The summed E-state index contributed by atoms with van der Waals surface area (Å²) in [7, 11) is 0. The predicted octanol–water partition coefficient (Wildman–Crippen LogP) is 8.40. The maximum atomic E-state index is 12.4. The highest BCUT2D eigenvalue weighted by Crippen LogP contribution is 2.34. The number of unbranched alkanes of at least 4 members (excludes halogenated alkanes) is 2. The average molecular weight is 451 g/mol. The predicted molar refractivity (Wildman–Crippen MR) is 136 cm³/mol. The fourth-order valence-corrected chi connectivity index (χ4v) is 4.92. The quantitative estimate of drug-likeness (QED) is 0.175. The minimum Gasteiger partial charge on any atom is -0.494 e. The molecule has 0 aliphatic heterocycles. The fourth-order valence-electron chi connectivity index (χ4n) is 4.92. The van der Waals surface area contributed by atoms with Crippen LogP contribution < -0.4 is 9.47 Å². The minimum atomic E-state index is -0.338. The normalized spacial score (nSPS) is 18.1. The molecule has 1 aliphatic carbocycles. The first-order valence-corrected chi connectivity index (χ1v) is 13.2. The maximum Gasteiger partial charge on any atom is 0.343 e. The number of aryl methyl sites for hydroxylation is 1. The van der Waals surface area contributed by atoms with Crippen molar-refractivity contribution in [3.8, 4) is 11.5 Å². The van der Waals surface area contributed by atoms with E-state index < -0.39 is 0 Å². The molecule has 0 radical (unpaired) electrons. The minimum absolute atomic E-state index is 0.338. The first kappa shape index (κ1) is 25.3. The molecule has 3 nitrogen and oxygen atoms in total. The summed E-state index contributed by atoms with van der Waals surface area (Å²) in [5.41, 5.74) is 1.80. The van der Waals surface area contributed by atoms with Crippen LogP contribution in [0.3, 0.4) is 0 Å². The summed E-state index contributed by atoms with van der Waals surface area (Å²) in [6.07, 6.45) is 15.7. The Hall–Kier alpha value is -2.29. The third-order valence-electron chi connectivity index (χ3n) is 6.97. The topological polar surface area (TPSA) is 35.5 Å². The molecule has 33 heavy (non-hydrogen) atoms. The van der Waals surface area contributed by atoms with E-state index in [4.69, 9.17) is 9.47 Å². The van der Waals surface area contributed by atoms with E-state index in [-0.39, 0.29) is 5.97 Å². The smallest absolute Gasteiger partial charge is 0.343 e. The Morgan fingerprint density at radius 1 is 0.758 bits per heavy atom. The van der Waals surface area contributed by atoms with Crippen molar-refractivity contribution >= 4 is 5.97 Å². The van der Waals surface area contributed by atoms with Crippen LogP contribution in [-0.2, 0) is 6.42 Å². The van der Waals surface area contributed by atoms with E-state index in [1.807, 2.05) is 36.4 Å². The van der Waals surface area contributed by atoms with E-state index >= 15 is 0 Å². The van der Waals surface area contributed by atoms with Crippen LogP contribution in [0.2, 0.25) is 0 Å². The fraction of sp³-hybridized carbons (Fsp3) is 0.567. The second kappa shape index (κ2) is 14.1. The van der Waals surface area contributed by atoms with Gasteiger partial charge >= 0.3 is 5.97 Å². The molecule has 2 aromatic rings. The Bertz CT molecular complexity index is 801. The largest absolute Gasteiger partial charge is 0.494 e. The van der Waals surface area contributed by atoms with E-state index in [0.29, 0.717) is 11.3 Å². The molecular weight excluding hydrogens is 408 g/mol. The Labute approximate surface area is 200 Å². The SMILES string of the molecule is CCCCCC1CCC(CCCOc2ccc(C(=O)Oc3ccc(CCC)cc3)cc2)CC1. The highest BCUT2D eigenvalue weighted by atomic mass is 16.5. The Balaban J connectivity index is 1.32. The summed E-state index contributed by atoms with van der Waals surface area (Å²) in [5, 5.41) is 0. The molecule has 180 valence electrons. The van der Waals surface area contributed by atoms with Crippen LogP contribution in [0.5, 0.6) is 11.5 Å². The number of ether oxygens (including phenoxy) is 2. The standard InChI is InChI=1S/C30H42O3/c1-3-5-6-9-25-11-13-26(14-12-25)10-7-23-32-28-21-17-27(18-22-28)30(31)33-29-19-15-24(8-4-2)16-20-29/h15-22,25-26H,3-14,23H2,1-2H3. The number of esters is 1. The van der Waals surface area contributed by atoms with Gasteiger partial charge in [-0.2, -0.15) is 0 Å². The molecule has 1 saturated carbocycles. The molecule has 0 amide bonds. The molecule has 0 spiro atoms. The molecule has 3 rings (SSSR count). The Kier molecular flexibility index (Phi) is 10.8. The van der Waals surface area contributed by atoms with Crippen LogP contribution in [0, 0.1) is 11.8 Å². The number of carbonyl (C=O) groups is 1. The molecular formula is C30H42O3. The van der Waals surface area contributed by atoms with E-state index in [0.717, 1.165) is 43.5 Å². The van der Waals surface area contributed by atoms with Gasteiger partial charge in [0.25, 0.3) is 0 Å². The van der Waals surface area contributed by atoms with Crippen molar-refractivity contribution in [2.75, 3.05) is 6.61 Å². The molecule has 0 saturated heterocycles. The van der Waals surface area contributed by atoms with Crippen molar-refractivity contribution in [2.24, 2.45) is 11.8 Å². The van der Waals surface area contributed by atoms with Gasteiger partial charge in [-0.15, -0.1) is 0 Å². The number of hydrogen-bond donors (Lipinski definition) is 0. The molecule has 0 N–H and O–H groups in total. The monoisotopic (exact) mass is 450 g/mol. The van der Waals surface area contributed by atoms with E-state index in [1.165, 1.54) is 63.4 Å². The summed E-state index contributed by atoms with van der Waals surface area (Å²) < 4.78 is 11.4. The van der Waals surface area contributed by atoms with Crippen molar-refractivity contribution < 1.29 is 14.3 Å². The second-order valence-electron chi connectivity index (χ2n) is 9.68. The van der Waals surface area contributed by atoms with Crippen LogP contribution in [-0.4, -0.2) is 12.6 Å². The lowest BCUT2D eigenvalue weighted by Gasteiger charge is -2.28. The van der Waals surface area contributed by atoms with E-state index in [1.54, 1.807) is 12.1 Å². The van der Waals surface area contributed by atoms with Gasteiger partial charge < -0.3 is 9.47 Å². The lowest BCUT2D eigenvalue weighted by atomic mass is 9.78. The molecule has 0 heterocycles. The van der Waals surface area contributed by atoms with Crippen molar-refractivity contribution in [3.63, 3.8) is 0 Å². The van der Waals surface area contributed by atoms with Crippen molar-refractivity contribution in [1.82, 2.24) is 0 Å². The van der Waals surface area contributed by atoms with Crippen molar-refractivity contribution in [2.45, 2.75) is 90.9 Å².